The summed E-state index contributed by atoms with van der Waals surface area (Å²) in [4.78, 5) is 4.24. The Hall–Kier alpha value is -1.06. The molecule has 0 saturated carbocycles. The second kappa shape index (κ2) is 5.51. The van der Waals surface area contributed by atoms with Crippen LogP contribution in [0.3, 0.4) is 0 Å². The Morgan fingerprint density at radius 3 is 3.16 bits per heavy atom. The van der Waals surface area contributed by atoms with E-state index in [0.29, 0.717) is 16.8 Å². The molecule has 3 nitrogen and oxygen atoms in total. The van der Waals surface area contributed by atoms with Crippen molar-refractivity contribution in [3.05, 3.63) is 29.1 Å². The van der Waals surface area contributed by atoms with Gasteiger partial charge in [-0.2, -0.15) is 0 Å². The van der Waals surface area contributed by atoms with E-state index in [2.05, 4.69) is 16.4 Å². The number of nitrogens with zero attached hydrogens (tertiary/aromatic N) is 1. The number of pyridine rings is 1. The van der Waals surface area contributed by atoms with Crippen molar-refractivity contribution in [1.82, 2.24) is 10.3 Å². The Balaban J connectivity index is 1.94. The third-order valence-corrected chi connectivity index (χ3v) is 4.57. The summed E-state index contributed by atoms with van der Waals surface area (Å²) >= 11 is 6.00. The van der Waals surface area contributed by atoms with E-state index in [9.17, 15) is 0 Å². The molecule has 0 unspecified atom stereocenters. The van der Waals surface area contributed by atoms with Gasteiger partial charge in [-0.05, 0) is 54.8 Å². The van der Waals surface area contributed by atoms with Gasteiger partial charge in [0, 0.05) is 12.7 Å². The highest BCUT2D eigenvalue weighted by Gasteiger charge is 2.31. The molecule has 1 saturated heterocycles. The first-order chi connectivity index (χ1) is 9.29. The van der Waals surface area contributed by atoms with Crippen molar-refractivity contribution in [2.45, 2.75) is 19.3 Å². The average molecular weight is 279 g/mol. The zero-order valence-corrected chi connectivity index (χ0v) is 11.9. The summed E-state index contributed by atoms with van der Waals surface area (Å²) in [6.07, 6.45) is 7.99. The monoisotopic (exact) mass is 278 g/mol. The summed E-state index contributed by atoms with van der Waals surface area (Å²) in [5.74, 6) is 2.07. The van der Waals surface area contributed by atoms with Gasteiger partial charge >= 0.3 is 0 Å². The zero-order valence-electron chi connectivity index (χ0n) is 11.2. The van der Waals surface area contributed by atoms with E-state index in [4.69, 9.17) is 16.3 Å². The Labute approximate surface area is 119 Å². The molecule has 1 N–H and O–H groups in total. The molecule has 19 heavy (non-hydrogen) atoms. The van der Waals surface area contributed by atoms with Crippen LogP contribution >= 0.6 is 11.6 Å². The molecule has 2 atom stereocenters. The number of hydrogen-bond donors (Lipinski definition) is 1. The summed E-state index contributed by atoms with van der Waals surface area (Å²) in [7, 11) is 1.63. The molecule has 0 amide bonds. The maximum Gasteiger partial charge on any atom is 0.171 e. The molecular formula is C15H19ClN2O. The zero-order chi connectivity index (χ0) is 13.2. The Kier molecular flexibility index (Phi) is 3.76. The summed E-state index contributed by atoms with van der Waals surface area (Å²) < 4.78 is 5.28. The molecule has 1 aromatic rings. The Morgan fingerprint density at radius 1 is 1.42 bits per heavy atom. The summed E-state index contributed by atoms with van der Waals surface area (Å²) in [6.45, 7) is 2.22. The molecule has 2 heterocycles. The summed E-state index contributed by atoms with van der Waals surface area (Å²) in [5.41, 5.74) is 2.56. The molecule has 1 aliphatic carbocycles. The van der Waals surface area contributed by atoms with Crippen molar-refractivity contribution >= 4 is 17.2 Å². The lowest BCUT2D eigenvalue weighted by atomic mass is 9.73. The SMILES string of the molecule is COc1cc(C2=CCC[C@@H]3CCNC[C@H]23)cnc1Cl. The number of nitrogens with one attached hydrogen (secondary N) is 1. The fourth-order valence-corrected chi connectivity index (χ4v) is 3.47. The molecule has 102 valence electrons. The van der Waals surface area contributed by atoms with Crippen molar-refractivity contribution in [2.24, 2.45) is 11.8 Å². The number of piperidine rings is 1. The molecule has 2 aliphatic rings. The molecule has 3 rings (SSSR count). The fraction of sp³-hybridized carbons (Fsp3) is 0.533. The molecule has 0 bridgehead atoms. The quantitative estimate of drug-likeness (QED) is 0.844. The molecular weight excluding hydrogens is 260 g/mol. The van der Waals surface area contributed by atoms with Gasteiger partial charge in [-0.25, -0.2) is 4.98 Å². The highest BCUT2D eigenvalue weighted by atomic mass is 35.5. The Bertz CT molecular complexity index is 501. The summed E-state index contributed by atoms with van der Waals surface area (Å²) in [6, 6.07) is 2.01. The van der Waals surface area contributed by atoms with Crippen LogP contribution in [0.1, 0.15) is 24.8 Å². The standard InChI is InChI=1S/C15H19ClN2O/c1-19-14-7-11(8-18-15(14)16)12-4-2-3-10-5-6-17-9-13(10)12/h4,7-8,10,13,17H,2-3,5-6,9H2,1H3/t10-,13+/m1/s1. The van der Waals surface area contributed by atoms with E-state index < -0.39 is 0 Å². The van der Waals surface area contributed by atoms with Gasteiger partial charge in [-0.15, -0.1) is 0 Å². The smallest absolute Gasteiger partial charge is 0.171 e. The number of halogens is 1. The van der Waals surface area contributed by atoms with Gasteiger partial charge in [0.15, 0.2) is 10.9 Å². The minimum absolute atomic E-state index is 0.431. The number of rotatable bonds is 2. The topological polar surface area (TPSA) is 34.1 Å². The first-order valence-corrected chi connectivity index (χ1v) is 7.28. The van der Waals surface area contributed by atoms with Gasteiger partial charge in [0.1, 0.15) is 0 Å². The van der Waals surface area contributed by atoms with Crippen LogP contribution in [0.5, 0.6) is 5.75 Å². The van der Waals surface area contributed by atoms with Crippen molar-refractivity contribution in [3.8, 4) is 5.75 Å². The molecule has 4 heteroatoms. The molecule has 1 aliphatic heterocycles. The van der Waals surface area contributed by atoms with Gasteiger partial charge < -0.3 is 10.1 Å². The van der Waals surface area contributed by atoms with Crippen LogP contribution in [-0.2, 0) is 0 Å². The van der Waals surface area contributed by atoms with Gasteiger partial charge in [0.2, 0.25) is 0 Å². The van der Waals surface area contributed by atoms with Crippen LogP contribution in [-0.4, -0.2) is 25.2 Å². The number of methoxy groups -OCH3 is 1. The van der Waals surface area contributed by atoms with E-state index in [0.717, 1.165) is 24.6 Å². The second-order valence-electron chi connectivity index (χ2n) is 5.31. The van der Waals surface area contributed by atoms with Gasteiger partial charge in [-0.3, -0.25) is 0 Å². The molecule has 0 radical (unpaired) electrons. The lowest BCUT2D eigenvalue weighted by Gasteiger charge is -2.37. The van der Waals surface area contributed by atoms with E-state index in [1.54, 1.807) is 7.11 Å². The second-order valence-corrected chi connectivity index (χ2v) is 5.67. The largest absolute Gasteiger partial charge is 0.494 e. The minimum Gasteiger partial charge on any atom is -0.494 e. The predicted molar refractivity (Wildman–Crippen MR) is 77.5 cm³/mol. The maximum absolute atomic E-state index is 6.00. The van der Waals surface area contributed by atoms with E-state index in [1.807, 2.05) is 12.3 Å². The van der Waals surface area contributed by atoms with Crippen LogP contribution in [0.4, 0.5) is 0 Å². The summed E-state index contributed by atoms with van der Waals surface area (Å²) in [5, 5.41) is 3.94. The van der Waals surface area contributed by atoms with Crippen LogP contribution in [0.2, 0.25) is 5.15 Å². The number of aromatic nitrogens is 1. The highest BCUT2D eigenvalue weighted by Crippen LogP contribution is 2.40. The van der Waals surface area contributed by atoms with E-state index >= 15 is 0 Å². The van der Waals surface area contributed by atoms with Gasteiger partial charge in [0.05, 0.1) is 7.11 Å². The third kappa shape index (κ3) is 2.49. The third-order valence-electron chi connectivity index (χ3n) is 4.29. The van der Waals surface area contributed by atoms with E-state index in [-0.39, 0.29) is 0 Å². The molecule has 1 fully saturated rings. The fourth-order valence-electron chi connectivity index (χ4n) is 3.29. The molecule has 0 spiro atoms. The van der Waals surface area contributed by atoms with Gasteiger partial charge in [-0.1, -0.05) is 17.7 Å². The van der Waals surface area contributed by atoms with Gasteiger partial charge in [0.25, 0.3) is 0 Å². The van der Waals surface area contributed by atoms with Crippen LogP contribution < -0.4 is 10.1 Å². The first kappa shape index (κ1) is 12.9. The van der Waals surface area contributed by atoms with Crippen molar-refractivity contribution in [2.75, 3.05) is 20.2 Å². The molecule has 0 aromatic carbocycles. The van der Waals surface area contributed by atoms with Crippen LogP contribution in [0.15, 0.2) is 18.3 Å². The first-order valence-electron chi connectivity index (χ1n) is 6.90. The van der Waals surface area contributed by atoms with Crippen LogP contribution in [0.25, 0.3) is 5.57 Å². The minimum atomic E-state index is 0.431. The van der Waals surface area contributed by atoms with Crippen molar-refractivity contribution < 1.29 is 4.74 Å². The highest BCUT2D eigenvalue weighted by molar-refractivity contribution is 6.30. The lowest BCUT2D eigenvalue weighted by molar-refractivity contribution is 0.285. The number of ether oxygens (including phenoxy) is 1. The predicted octanol–water partition coefficient (Wildman–Crippen LogP) is 3.15. The average Bonchev–Trinajstić information content (AvgIpc) is 2.47. The number of fused-ring (bicyclic) bond motifs is 1. The normalized spacial score (nSPS) is 26.5. The van der Waals surface area contributed by atoms with E-state index in [1.165, 1.54) is 24.8 Å². The van der Waals surface area contributed by atoms with Crippen molar-refractivity contribution in [3.63, 3.8) is 0 Å². The lowest BCUT2D eigenvalue weighted by Crippen LogP contribution is -2.38. The molecule has 1 aromatic heterocycles. The Morgan fingerprint density at radius 2 is 2.32 bits per heavy atom. The number of hydrogen-bond acceptors (Lipinski definition) is 3. The van der Waals surface area contributed by atoms with Crippen LogP contribution in [0, 0.1) is 11.8 Å². The number of allylic oxidation sites excluding steroid dienone is 1. The maximum atomic E-state index is 6.00. The van der Waals surface area contributed by atoms with Crippen molar-refractivity contribution in [1.29, 1.82) is 0 Å².